The van der Waals surface area contributed by atoms with Crippen LogP contribution in [0.5, 0.6) is 11.5 Å². The lowest BCUT2D eigenvalue weighted by molar-refractivity contribution is -0.141. The van der Waals surface area contributed by atoms with Gasteiger partial charge in [-0.05, 0) is 75.2 Å². The minimum Gasteiger partial charge on any atom is -0.497 e. The van der Waals surface area contributed by atoms with E-state index < -0.39 is 34.1 Å². The molecule has 0 aliphatic carbocycles. The molecule has 226 valence electrons. The molecule has 0 heterocycles. The molecule has 0 bridgehead atoms. The van der Waals surface area contributed by atoms with Gasteiger partial charge in [0.05, 0.1) is 24.8 Å². The molecule has 0 spiro atoms. The summed E-state index contributed by atoms with van der Waals surface area (Å²) < 4.78 is 39.9. The topological polar surface area (TPSA) is 105 Å². The van der Waals surface area contributed by atoms with Crippen LogP contribution < -0.4 is 19.1 Å². The molecule has 2 amide bonds. The van der Waals surface area contributed by atoms with E-state index in [2.05, 4.69) is 5.32 Å². The lowest BCUT2D eigenvalue weighted by atomic mass is 10.1. The van der Waals surface area contributed by atoms with E-state index in [1.165, 1.54) is 36.3 Å². The first-order chi connectivity index (χ1) is 19.8. The van der Waals surface area contributed by atoms with Crippen molar-refractivity contribution in [2.45, 2.75) is 57.1 Å². The maximum atomic E-state index is 14.3. The maximum Gasteiger partial charge on any atom is 0.264 e. The molecule has 42 heavy (non-hydrogen) atoms. The number of hydrogen-bond donors (Lipinski definition) is 1. The van der Waals surface area contributed by atoms with Crippen molar-refractivity contribution in [2.75, 3.05) is 25.1 Å². The van der Waals surface area contributed by atoms with Crippen LogP contribution in [0.3, 0.4) is 0 Å². The van der Waals surface area contributed by atoms with Crippen molar-refractivity contribution in [1.82, 2.24) is 10.2 Å². The number of nitrogens with zero attached hydrogens (tertiary/aromatic N) is 2. The Balaban J connectivity index is 2.14. The second-order valence-corrected chi connectivity index (χ2v) is 13.0. The highest BCUT2D eigenvalue weighted by molar-refractivity contribution is 7.92. The molecule has 0 radical (unpaired) electrons. The van der Waals surface area contributed by atoms with Crippen LogP contribution in [0.4, 0.5) is 5.69 Å². The van der Waals surface area contributed by atoms with Gasteiger partial charge in [0.1, 0.15) is 24.1 Å². The number of methoxy groups -OCH3 is 2. The first kappa shape index (κ1) is 32.8. The first-order valence-corrected chi connectivity index (χ1v) is 15.3. The third-order valence-electron chi connectivity index (χ3n) is 6.39. The van der Waals surface area contributed by atoms with Crippen LogP contribution in [0.15, 0.2) is 77.7 Å². The van der Waals surface area contributed by atoms with E-state index in [1.54, 1.807) is 56.5 Å². The zero-order chi connectivity index (χ0) is 31.1. The van der Waals surface area contributed by atoms with Crippen LogP contribution in [0, 0.1) is 0 Å². The van der Waals surface area contributed by atoms with E-state index >= 15 is 0 Å². The van der Waals surface area contributed by atoms with E-state index in [9.17, 15) is 18.0 Å². The van der Waals surface area contributed by atoms with Crippen molar-refractivity contribution < 1.29 is 27.5 Å². The van der Waals surface area contributed by atoms with Crippen molar-refractivity contribution >= 4 is 39.1 Å². The smallest absolute Gasteiger partial charge is 0.264 e. The fraction of sp³-hybridized carbons (Fsp3) is 0.355. The van der Waals surface area contributed by atoms with Gasteiger partial charge < -0.3 is 19.7 Å². The largest absolute Gasteiger partial charge is 0.497 e. The van der Waals surface area contributed by atoms with Crippen LogP contribution in [0.2, 0.25) is 5.02 Å². The molecule has 1 N–H and O–H groups in total. The third kappa shape index (κ3) is 8.17. The van der Waals surface area contributed by atoms with E-state index in [-0.39, 0.29) is 33.8 Å². The summed E-state index contributed by atoms with van der Waals surface area (Å²) in [5.41, 5.74) is 0.254. The minimum atomic E-state index is -4.27. The van der Waals surface area contributed by atoms with Crippen molar-refractivity contribution in [3.05, 3.63) is 83.4 Å². The zero-order valence-corrected chi connectivity index (χ0v) is 26.3. The van der Waals surface area contributed by atoms with Crippen molar-refractivity contribution in [1.29, 1.82) is 0 Å². The summed E-state index contributed by atoms with van der Waals surface area (Å²) in [6.07, 6.45) is 0.295. The molecule has 0 unspecified atom stereocenters. The predicted octanol–water partition coefficient (Wildman–Crippen LogP) is 5.27. The third-order valence-corrected chi connectivity index (χ3v) is 8.40. The number of amides is 2. The quantitative estimate of drug-likeness (QED) is 0.297. The minimum absolute atomic E-state index is 0.0170. The molecule has 3 aromatic carbocycles. The predicted molar refractivity (Wildman–Crippen MR) is 164 cm³/mol. The Hall–Kier alpha value is -3.76. The van der Waals surface area contributed by atoms with Gasteiger partial charge in [-0.3, -0.25) is 13.9 Å². The van der Waals surface area contributed by atoms with Gasteiger partial charge in [0.25, 0.3) is 10.0 Å². The Morgan fingerprint density at radius 3 is 2.24 bits per heavy atom. The Morgan fingerprint density at radius 2 is 1.64 bits per heavy atom. The summed E-state index contributed by atoms with van der Waals surface area (Å²) in [5, 5.41) is 3.21. The van der Waals surface area contributed by atoms with Crippen molar-refractivity contribution in [3.8, 4) is 11.5 Å². The summed E-state index contributed by atoms with van der Waals surface area (Å²) in [6, 6.07) is 18.6. The monoisotopic (exact) mass is 615 g/mol. The van der Waals surface area contributed by atoms with E-state index in [0.717, 1.165) is 4.31 Å². The fourth-order valence-corrected chi connectivity index (χ4v) is 6.03. The molecule has 0 aliphatic heterocycles. The average Bonchev–Trinajstić information content (AvgIpc) is 2.95. The summed E-state index contributed by atoms with van der Waals surface area (Å²) in [5.74, 6) is -0.137. The number of ether oxygens (including phenoxy) is 2. The number of sulfonamides is 1. The van der Waals surface area contributed by atoms with Crippen LogP contribution in [-0.2, 0) is 26.2 Å². The van der Waals surface area contributed by atoms with Crippen molar-refractivity contribution in [2.24, 2.45) is 0 Å². The number of hydrogen-bond acceptors (Lipinski definition) is 6. The molecule has 9 nitrogen and oxygen atoms in total. The second-order valence-electron chi connectivity index (χ2n) is 10.7. The number of carbonyl (C=O) groups excluding carboxylic acids is 2. The van der Waals surface area contributed by atoms with Gasteiger partial charge in [-0.25, -0.2) is 8.42 Å². The second kappa shape index (κ2) is 13.9. The van der Waals surface area contributed by atoms with Crippen LogP contribution >= 0.6 is 11.6 Å². The van der Waals surface area contributed by atoms with E-state index in [0.29, 0.717) is 17.7 Å². The number of benzene rings is 3. The van der Waals surface area contributed by atoms with Crippen LogP contribution in [0.25, 0.3) is 0 Å². The Bertz CT molecular complexity index is 1490. The van der Waals surface area contributed by atoms with E-state index in [1.807, 2.05) is 26.8 Å². The molecule has 3 aromatic rings. The Morgan fingerprint density at radius 1 is 0.952 bits per heavy atom. The maximum absolute atomic E-state index is 14.3. The normalized spacial score (nSPS) is 12.3. The molecule has 0 fully saturated rings. The summed E-state index contributed by atoms with van der Waals surface area (Å²) in [7, 11) is -1.33. The molecule has 0 saturated heterocycles. The number of anilines is 1. The molecular weight excluding hydrogens is 578 g/mol. The van der Waals surface area contributed by atoms with Crippen molar-refractivity contribution in [3.63, 3.8) is 0 Å². The van der Waals surface area contributed by atoms with Crippen LogP contribution in [0.1, 0.15) is 39.7 Å². The van der Waals surface area contributed by atoms with Gasteiger partial charge in [0.2, 0.25) is 11.8 Å². The molecule has 1 atom stereocenters. The SMILES string of the molecule is CC[C@@H](C(=O)NC(C)(C)C)N(Cc1cccc(OC)c1)C(=O)CN(c1cc(Cl)ccc1OC)S(=O)(=O)c1ccccc1. The first-order valence-electron chi connectivity index (χ1n) is 13.5. The number of halogens is 1. The molecule has 0 saturated carbocycles. The number of nitrogens with one attached hydrogen (secondary N) is 1. The highest BCUT2D eigenvalue weighted by Gasteiger charge is 2.35. The average molecular weight is 616 g/mol. The van der Waals surface area contributed by atoms with Gasteiger partial charge in [-0.2, -0.15) is 0 Å². The summed E-state index contributed by atoms with van der Waals surface area (Å²) in [4.78, 5) is 29.1. The lowest BCUT2D eigenvalue weighted by Gasteiger charge is -2.35. The fourth-order valence-electron chi connectivity index (χ4n) is 4.43. The molecular formula is C31H38ClN3O6S. The zero-order valence-electron chi connectivity index (χ0n) is 24.8. The van der Waals surface area contributed by atoms with E-state index in [4.69, 9.17) is 21.1 Å². The van der Waals surface area contributed by atoms with Crippen LogP contribution in [-0.4, -0.2) is 57.5 Å². The standard InChI is InChI=1S/C31H38ClN3O6S/c1-7-26(30(37)33-31(2,3)4)34(20-22-12-11-13-24(18-22)40-5)29(36)21-35(27-19-23(32)16-17-28(27)41-6)42(38,39)25-14-9-8-10-15-25/h8-19,26H,7,20-21H2,1-6H3,(H,33,37)/t26-/m0/s1. The molecule has 11 heteroatoms. The number of rotatable bonds is 12. The van der Waals surface area contributed by atoms with Gasteiger partial charge in [0, 0.05) is 17.1 Å². The summed E-state index contributed by atoms with van der Waals surface area (Å²) in [6.45, 7) is 6.79. The van der Waals surface area contributed by atoms with Gasteiger partial charge >= 0.3 is 0 Å². The Labute approximate surface area is 253 Å². The highest BCUT2D eigenvalue weighted by Crippen LogP contribution is 2.35. The number of carbonyl (C=O) groups is 2. The Kier molecular flexibility index (Phi) is 10.9. The highest BCUT2D eigenvalue weighted by atomic mass is 35.5. The molecule has 0 aromatic heterocycles. The summed E-state index contributed by atoms with van der Waals surface area (Å²) >= 11 is 6.29. The molecule has 3 rings (SSSR count). The molecule has 0 aliphatic rings. The van der Waals surface area contributed by atoms with Gasteiger partial charge in [-0.1, -0.05) is 48.9 Å². The van der Waals surface area contributed by atoms with Gasteiger partial charge in [-0.15, -0.1) is 0 Å². The van der Waals surface area contributed by atoms with Gasteiger partial charge in [0.15, 0.2) is 0 Å². The lowest BCUT2D eigenvalue weighted by Crippen LogP contribution is -2.55.